The molecule has 0 bridgehead atoms. The van der Waals surface area contributed by atoms with Gasteiger partial charge in [-0.2, -0.15) is 0 Å². The van der Waals surface area contributed by atoms with Crippen molar-refractivity contribution in [3.05, 3.63) is 285 Å². The third kappa shape index (κ3) is 8.00. The van der Waals surface area contributed by atoms with Crippen molar-refractivity contribution in [1.82, 2.24) is 34.5 Å². The lowest BCUT2D eigenvalue weighted by atomic mass is 9.89. The lowest BCUT2D eigenvalue weighted by molar-refractivity contribution is 0.673. The van der Waals surface area contributed by atoms with Gasteiger partial charge in [-0.1, -0.05) is 231 Å². The molecule has 0 N–H and O–H groups in total. The van der Waals surface area contributed by atoms with E-state index in [-0.39, 0.29) is 12.0 Å². The minimum absolute atomic E-state index is 0.0486. The SMILES string of the molecule is C1=CC2c3c(c4c5ccccc5oc4c4c5ccccc5n(-c5ccc(-c6nc(-c7ccccc7)nc(-c7cccc(-c8ccccc8)c7)n6)cc5-c5nc(-c6ccccc6)nc(-c6ccccc6)n5)c34)N(c3ccc4ccccc4c3)C2C=C1. The van der Waals surface area contributed by atoms with Gasteiger partial charge in [-0.25, -0.2) is 29.9 Å². The van der Waals surface area contributed by atoms with Gasteiger partial charge in [0.2, 0.25) is 0 Å². The summed E-state index contributed by atoms with van der Waals surface area (Å²) in [6, 6.07) is 88.4. The van der Waals surface area contributed by atoms with Crippen LogP contribution in [0, 0.1) is 0 Å². The molecule has 2 atom stereocenters. The van der Waals surface area contributed by atoms with Gasteiger partial charge in [0.05, 0.1) is 39.2 Å². The Hall–Kier alpha value is -11.4. The summed E-state index contributed by atoms with van der Waals surface area (Å²) in [5.41, 5.74) is 15.2. The third-order valence-corrected chi connectivity index (χ3v) is 16.8. The van der Waals surface area contributed by atoms with E-state index < -0.39 is 0 Å². The second-order valence-corrected chi connectivity index (χ2v) is 21.7. The van der Waals surface area contributed by atoms with E-state index in [0.29, 0.717) is 34.9 Å². The molecule has 5 heterocycles. The third-order valence-electron chi connectivity index (χ3n) is 16.8. The number of para-hydroxylation sites is 2. The molecule has 0 amide bonds. The first kappa shape index (κ1) is 48.3. The molecule has 9 nitrogen and oxygen atoms in total. The number of allylic oxidation sites excluding steroid dienone is 2. The summed E-state index contributed by atoms with van der Waals surface area (Å²) >= 11 is 0. The van der Waals surface area contributed by atoms with E-state index in [1.54, 1.807) is 0 Å². The van der Waals surface area contributed by atoms with Crippen molar-refractivity contribution < 1.29 is 4.42 Å². The molecular formula is C76H48N8O. The Morgan fingerprint density at radius 3 is 1.58 bits per heavy atom. The Morgan fingerprint density at radius 1 is 0.365 bits per heavy atom. The number of hydrogen-bond acceptors (Lipinski definition) is 8. The van der Waals surface area contributed by atoms with Gasteiger partial charge in [-0.15, -0.1) is 0 Å². The van der Waals surface area contributed by atoms with E-state index in [1.165, 1.54) is 16.3 Å². The van der Waals surface area contributed by atoms with Gasteiger partial charge in [0, 0.05) is 61.3 Å². The summed E-state index contributed by atoms with van der Waals surface area (Å²) in [6.07, 6.45) is 9.14. The fourth-order valence-electron chi connectivity index (χ4n) is 12.9. The second-order valence-electron chi connectivity index (χ2n) is 21.7. The van der Waals surface area contributed by atoms with Crippen molar-refractivity contribution in [3.63, 3.8) is 0 Å². The molecule has 17 rings (SSSR count). The fourth-order valence-corrected chi connectivity index (χ4v) is 12.9. The molecule has 4 aromatic heterocycles. The van der Waals surface area contributed by atoms with Crippen LogP contribution in [0.1, 0.15) is 11.5 Å². The molecule has 2 unspecified atom stereocenters. The molecule has 0 radical (unpaired) electrons. The quantitative estimate of drug-likeness (QED) is 0.141. The van der Waals surface area contributed by atoms with Gasteiger partial charge in [0.15, 0.2) is 34.9 Å². The molecule has 1 aliphatic carbocycles. The Balaban J connectivity index is 0.984. The van der Waals surface area contributed by atoms with Crippen molar-refractivity contribution in [2.24, 2.45) is 0 Å². The topological polar surface area (TPSA) is 98.6 Å². The molecule has 1 aliphatic heterocycles. The van der Waals surface area contributed by atoms with E-state index in [2.05, 4.69) is 191 Å². The van der Waals surface area contributed by atoms with Gasteiger partial charge < -0.3 is 13.9 Å². The van der Waals surface area contributed by atoms with Crippen LogP contribution in [0.4, 0.5) is 11.4 Å². The molecule has 0 fully saturated rings. The highest BCUT2D eigenvalue weighted by Crippen LogP contribution is 2.58. The van der Waals surface area contributed by atoms with Crippen LogP contribution in [0.3, 0.4) is 0 Å². The minimum Gasteiger partial charge on any atom is -0.455 e. The normalized spacial score (nSPS) is 14.5. The van der Waals surface area contributed by atoms with Gasteiger partial charge >= 0.3 is 0 Å². The Labute approximate surface area is 488 Å². The van der Waals surface area contributed by atoms with Gasteiger partial charge in [-0.05, 0) is 70.4 Å². The van der Waals surface area contributed by atoms with E-state index in [9.17, 15) is 0 Å². The zero-order chi connectivity index (χ0) is 56.0. The van der Waals surface area contributed by atoms with Crippen molar-refractivity contribution in [1.29, 1.82) is 0 Å². The summed E-state index contributed by atoms with van der Waals surface area (Å²) in [6.45, 7) is 0. The molecule has 9 heteroatoms. The van der Waals surface area contributed by atoms with Crippen LogP contribution in [-0.4, -0.2) is 40.5 Å². The highest BCUT2D eigenvalue weighted by atomic mass is 16.3. The predicted molar refractivity (Wildman–Crippen MR) is 344 cm³/mol. The number of rotatable bonds is 9. The van der Waals surface area contributed by atoms with E-state index in [4.69, 9.17) is 34.3 Å². The summed E-state index contributed by atoms with van der Waals surface area (Å²) in [5, 5.41) is 6.63. The smallest absolute Gasteiger partial charge is 0.166 e. The number of furan rings is 1. The monoisotopic (exact) mass is 1090 g/mol. The molecule has 15 aromatic rings. The number of fused-ring (bicyclic) bond motifs is 13. The largest absolute Gasteiger partial charge is 0.455 e. The van der Waals surface area contributed by atoms with Crippen LogP contribution >= 0.6 is 0 Å². The zero-order valence-corrected chi connectivity index (χ0v) is 45.7. The maximum atomic E-state index is 7.27. The number of aromatic nitrogens is 7. The van der Waals surface area contributed by atoms with Gasteiger partial charge in [0.25, 0.3) is 0 Å². The minimum atomic E-state index is -0.0511. The molecule has 11 aromatic carbocycles. The lowest BCUT2D eigenvalue weighted by Crippen LogP contribution is -2.28. The Bertz CT molecular complexity index is 5150. The molecule has 85 heavy (non-hydrogen) atoms. The van der Waals surface area contributed by atoms with Crippen molar-refractivity contribution >= 4 is 65.9 Å². The summed E-state index contributed by atoms with van der Waals surface area (Å²) in [7, 11) is 0. The van der Waals surface area contributed by atoms with Crippen molar-refractivity contribution in [2.75, 3.05) is 4.90 Å². The van der Waals surface area contributed by atoms with Crippen LogP contribution in [0.5, 0.6) is 0 Å². The molecule has 2 aliphatic rings. The van der Waals surface area contributed by atoms with Crippen LogP contribution < -0.4 is 4.90 Å². The molecular weight excluding hydrogens is 1040 g/mol. The summed E-state index contributed by atoms with van der Waals surface area (Å²) in [4.78, 5) is 34.6. The zero-order valence-electron chi connectivity index (χ0n) is 45.7. The van der Waals surface area contributed by atoms with Crippen molar-refractivity contribution in [2.45, 2.75) is 12.0 Å². The number of hydrogen-bond donors (Lipinski definition) is 0. The average molecular weight is 1090 g/mol. The highest BCUT2D eigenvalue weighted by Gasteiger charge is 2.43. The Morgan fingerprint density at radius 2 is 0.894 bits per heavy atom. The molecule has 0 saturated carbocycles. The fraction of sp³-hybridized carbons (Fsp3) is 0.0263. The van der Waals surface area contributed by atoms with E-state index in [0.717, 1.165) is 105 Å². The lowest BCUT2D eigenvalue weighted by Gasteiger charge is -2.29. The first-order valence-corrected chi connectivity index (χ1v) is 28.7. The van der Waals surface area contributed by atoms with Crippen LogP contribution in [-0.2, 0) is 0 Å². The average Bonchev–Trinajstić information content (AvgIpc) is 1.55. The highest BCUT2D eigenvalue weighted by molar-refractivity contribution is 6.30. The van der Waals surface area contributed by atoms with Crippen LogP contribution in [0.2, 0.25) is 0 Å². The number of anilines is 2. The first-order valence-electron chi connectivity index (χ1n) is 28.7. The van der Waals surface area contributed by atoms with Crippen molar-refractivity contribution in [3.8, 4) is 85.1 Å². The predicted octanol–water partition coefficient (Wildman–Crippen LogP) is 18.6. The maximum absolute atomic E-state index is 7.27. The van der Waals surface area contributed by atoms with Crippen LogP contribution in [0.25, 0.3) is 140 Å². The number of nitrogens with zero attached hydrogens (tertiary/aromatic N) is 8. The molecule has 0 spiro atoms. The summed E-state index contributed by atoms with van der Waals surface area (Å²) in [5.74, 6) is 3.15. The summed E-state index contributed by atoms with van der Waals surface area (Å²) < 4.78 is 9.72. The standard InChI is InChI=1S/C76H48N8O/c1-5-22-47(23-6-1)52-32-21-33-54(44-52)74-78-71(49-25-7-2-8-26-49)79-75(80-74)55-41-43-63(60(46-55)76-81-72(50-27-9-3-10-28-50)77-73(82-76)51-29-11-4-12-30-51)84-62-38-19-16-35-58(62)66-69(84)65-57-34-15-18-37-61(57)83(56-42-40-48-24-13-14-31-53(48)45-56)68(65)67-59-36-17-20-39-64(59)85-70(66)67/h1-46,57,61H. The van der Waals surface area contributed by atoms with Gasteiger partial charge in [-0.3, -0.25) is 0 Å². The molecule has 0 saturated heterocycles. The maximum Gasteiger partial charge on any atom is 0.166 e. The Kier molecular flexibility index (Phi) is 11.2. The second kappa shape index (κ2) is 19.6. The van der Waals surface area contributed by atoms with E-state index in [1.807, 2.05) is 97.1 Å². The molecule has 398 valence electrons. The first-order chi connectivity index (χ1) is 42.1. The van der Waals surface area contributed by atoms with Crippen LogP contribution in [0.15, 0.2) is 284 Å². The number of benzene rings is 11. The van der Waals surface area contributed by atoms with E-state index >= 15 is 0 Å². The van der Waals surface area contributed by atoms with Gasteiger partial charge in [0.1, 0.15) is 11.2 Å².